The van der Waals surface area contributed by atoms with E-state index in [1.54, 1.807) is 18.2 Å². The molecule has 0 fully saturated rings. The molecule has 106 valence electrons. The van der Waals surface area contributed by atoms with Crippen molar-refractivity contribution in [2.24, 2.45) is 5.84 Å². The lowest BCUT2D eigenvalue weighted by Gasteiger charge is -2.17. The third kappa shape index (κ3) is 4.02. The van der Waals surface area contributed by atoms with Crippen molar-refractivity contribution in [3.63, 3.8) is 0 Å². The summed E-state index contributed by atoms with van der Waals surface area (Å²) in [5.74, 6) is 5.33. The van der Waals surface area contributed by atoms with Gasteiger partial charge in [0.1, 0.15) is 5.82 Å². The van der Waals surface area contributed by atoms with Crippen LogP contribution in [0, 0.1) is 5.82 Å². The highest BCUT2D eigenvalue weighted by molar-refractivity contribution is 9.10. The first-order valence-electron chi connectivity index (χ1n) is 5.85. The van der Waals surface area contributed by atoms with Crippen molar-refractivity contribution in [2.75, 3.05) is 0 Å². The van der Waals surface area contributed by atoms with Crippen molar-refractivity contribution < 1.29 is 4.39 Å². The maximum Gasteiger partial charge on any atom is 0.127 e. The van der Waals surface area contributed by atoms with E-state index in [4.69, 9.17) is 17.4 Å². The molecule has 0 aliphatic heterocycles. The van der Waals surface area contributed by atoms with Crippen LogP contribution in [0.2, 0.25) is 5.02 Å². The van der Waals surface area contributed by atoms with E-state index in [0.717, 1.165) is 10.0 Å². The van der Waals surface area contributed by atoms with Gasteiger partial charge in [0.2, 0.25) is 0 Å². The minimum absolute atomic E-state index is 0.222. The Kier molecular flexibility index (Phi) is 5.57. The molecule has 0 radical (unpaired) electrons. The Balaban J connectivity index is 2.28. The van der Waals surface area contributed by atoms with Crippen molar-refractivity contribution in [3.05, 3.63) is 67.3 Å². The average molecular weight is 423 g/mol. The summed E-state index contributed by atoms with van der Waals surface area (Å²) in [6.07, 6.45) is 0.433. The fourth-order valence-corrected chi connectivity index (χ4v) is 3.18. The van der Waals surface area contributed by atoms with Gasteiger partial charge in [-0.05, 0) is 47.9 Å². The first-order valence-corrected chi connectivity index (χ1v) is 7.82. The van der Waals surface area contributed by atoms with E-state index in [9.17, 15) is 4.39 Å². The first kappa shape index (κ1) is 15.9. The Bertz CT molecular complexity index is 602. The van der Waals surface area contributed by atoms with Crippen molar-refractivity contribution in [1.82, 2.24) is 5.43 Å². The van der Waals surface area contributed by atoms with Gasteiger partial charge in [-0.15, -0.1) is 0 Å². The van der Waals surface area contributed by atoms with Crippen molar-refractivity contribution in [3.8, 4) is 0 Å². The van der Waals surface area contributed by atoms with Gasteiger partial charge in [-0.2, -0.15) is 0 Å². The molecule has 0 bridgehead atoms. The molecule has 2 nitrogen and oxygen atoms in total. The first-order chi connectivity index (χ1) is 9.49. The Hall–Kier alpha value is -0.460. The SMILES string of the molecule is NNC(Cc1ccc(Br)cc1F)c1cc(Cl)cc(Br)c1. The zero-order chi connectivity index (χ0) is 14.7. The number of hydrogen-bond acceptors (Lipinski definition) is 2. The Morgan fingerprint density at radius 1 is 1.15 bits per heavy atom. The van der Waals surface area contributed by atoms with Crippen LogP contribution in [0.1, 0.15) is 17.2 Å². The molecule has 2 aromatic rings. The molecule has 2 aromatic carbocycles. The lowest BCUT2D eigenvalue weighted by Crippen LogP contribution is -2.29. The van der Waals surface area contributed by atoms with E-state index in [-0.39, 0.29) is 11.9 Å². The van der Waals surface area contributed by atoms with Crippen LogP contribution in [0.25, 0.3) is 0 Å². The number of nitrogens with one attached hydrogen (secondary N) is 1. The Morgan fingerprint density at radius 3 is 2.50 bits per heavy atom. The summed E-state index contributed by atoms with van der Waals surface area (Å²) in [5, 5.41) is 0.603. The van der Waals surface area contributed by atoms with Crippen LogP contribution in [0.4, 0.5) is 4.39 Å². The summed E-state index contributed by atoms with van der Waals surface area (Å²) in [5.41, 5.74) is 4.19. The van der Waals surface area contributed by atoms with E-state index in [1.807, 2.05) is 12.1 Å². The molecular weight excluding hydrogens is 410 g/mol. The third-order valence-electron chi connectivity index (χ3n) is 2.93. The monoisotopic (exact) mass is 420 g/mol. The highest BCUT2D eigenvalue weighted by Gasteiger charge is 2.14. The van der Waals surface area contributed by atoms with Crippen LogP contribution >= 0.6 is 43.5 Å². The molecule has 0 heterocycles. The molecule has 0 spiro atoms. The molecule has 3 N–H and O–H groups in total. The number of halogens is 4. The highest BCUT2D eigenvalue weighted by Crippen LogP contribution is 2.27. The fourth-order valence-electron chi connectivity index (χ4n) is 1.96. The summed E-state index contributed by atoms with van der Waals surface area (Å²) in [6.45, 7) is 0. The van der Waals surface area contributed by atoms with Gasteiger partial charge in [0.15, 0.2) is 0 Å². The van der Waals surface area contributed by atoms with Gasteiger partial charge in [0, 0.05) is 14.0 Å². The summed E-state index contributed by atoms with van der Waals surface area (Å²) < 4.78 is 15.5. The van der Waals surface area contributed by atoms with E-state index in [1.165, 1.54) is 6.07 Å². The van der Waals surface area contributed by atoms with E-state index >= 15 is 0 Å². The third-order valence-corrected chi connectivity index (χ3v) is 4.10. The molecule has 0 amide bonds. The molecule has 0 aliphatic rings. The van der Waals surface area contributed by atoms with Gasteiger partial charge >= 0.3 is 0 Å². The molecule has 0 aromatic heterocycles. The van der Waals surface area contributed by atoms with Crippen LogP contribution < -0.4 is 11.3 Å². The molecular formula is C14H12Br2ClFN2. The molecule has 1 unspecified atom stereocenters. The Labute approximate surface area is 138 Å². The molecule has 0 aliphatic carbocycles. The van der Waals surface area contributed by atoms with Crippen molar-refractivity contribution in [2.45, 2.75) is 12.5 Å². The second kappa shape index (κ2) is 7.00. The molecule has 20 heavy (non-hydrogen) atoms. The van der Waals surface area contributed by atoms with Crippen molar-refractivity contribution >= 4 is 43.5 Å². The van der Waals surface area contributed by atoms with Crippen LogP contribution in [0.15, 0.2) is 45.3 Å². The summed E-state index contributed by atoms with van der Waals surface area (Å²) in [7, 11) is 0. The smallest absolute Gasteiger partial charge is 0.127 e. The lowest BCUT2D eigenvalue weighted by molar-refractivity contribution is 0.528. The number of nitrogens with two attached hydrogens (primary N) is 1. The minimum Gasteiger partial charge on any atom is -0.271 e. The quantitative estimate of drug-likeness (QED) is 0.551. The van der Waals surface area contributed by atoms with Gasteiger partial charge in [-0.25, -0.2) is 4.39 Å². The minimum atomic E-state index is -0.263. The predicted octanol–water partition coefficient (Wildman–Crippen LogP) is 4.75. The molecule has 2 rings (SSSR count). The zero-order valence-electron chi connectivity index (χ0n) is 10.3. The average Bonchev–Trinajstić information content (AvgIpc) is 2.36. The van der Waals surface area contributed by atoms with E-state index in [0.29, 0.717) is 21.5 Å². The van der Waals surface area contributed by atoms with E-state index < -0.39 is 0 Å². The maximum absolute atomic E-state index is 13.9. The topological polar surface area (TPSA) is 38.0 Å². The van der Waals surface area contributed by atoms with E-state index in [2.05, 4.69) is 37.3 Å². The summed E-state index contributed by atoms with van der Waals surface area (Å²) >= 11 is 12.7. The normalized spacial score (nSPS) is 12.4. The van der Waals surface area contributed by atoms with Crippen LogP contribution in [0.3, 0.4) is 0 Å². The molecule has 0 saturated carbocycles. The molecule has 1 atom stereocenters. The van der Waals surface area contributed by atoms with Gasteiger partial charge < -0.3 is 0 Å². The number of rotatable bonds is 4. The number of hydrogen-bond donors (Lipinski definition) is 2. The second-order valence-electron chi connectivity index (χ2n) is 4.36. The molecule has 0 saturated heterocycles. The standard InChI is InChI=1S/C14H12Br2ClFN2/c15-10-2-1-8(13(18)7-10)5-14(20-19)9-3-11(16)6-12(17)4-9/h1-4,6-7,14,20H,5,19H2. The van der Waals surface area contributed by atoms with Gasteiger partial charge in [-0.3, -0.25) is 11.3 Å². The van der Waals surface area contributed by atoms with Crippen LogP contribution in [-0.2, 0) is 6.42 Å². The maximum atomic E-state index is 13.9. The summed E-state index contributed by atoms with van der Waals surface area (Å²) in [4.78, 5) is 0. The van der Waals surface area contributed by atoms with Crippen molar-refractivity contribution in [1.29, 1.82) is 0 Å². The summed E-state index contributed by atoms with van der Waals surface area (Å²) in [6, 6.07) is 10.3. The van der Waals surface area contributed by atoms with Gasteiger partial charge in [-0.1, -0.05) is 49.5 Å². The van der Waals surface area contributed by atoms with Crippen LogP contribution in [-0.4, -0.2) is 0 Å². The highest BCUT2D eigenvalue weighted by atomic mass is 79.9. The fraction of sp³-hybridized carbons (Fsp3) is 0.143. The number of benzene rings is 2. The van der Waals surface area contributed by atoms with Gasteiger partial charge in [0.25, 0.3) is 0 Å². The Morgan fingerprint density at radius 2 is 1.90 bits per heavy atom. The lowest BCUT2D eigenvalue weighted by atomic mass is 9.99. The molecule has 6 heteroatoms. The zero-order valence-corrected chi connectivity index (χ0v) is 14.3. The van der Waals surface area contributed by atoms with Crippen LogP contribution in [0.5, 0.6) is 0 Å². The predicted molar refractivity (Wildman–Crippen MR) is 87.0 cm³/mol. The second-order valence-corrected chi connectivity index (χ2v) is 6.63. The van der Waals surface area contributed by atoms with Gasteiger partial charge in [0.05, 0.1) is 6.04 Å². The number of hydrazine groups is 1. The largest absolute Gasteiger partial charge is 0.271 e.